The largest absolute Gasteiger partial charge is 0.368 e. The smallest absolute Gasteiger partial charge is 0.254 e. The van der Waals surface area contributed by atoms with E-state index in [-0.39, 0.29) is 12.0 Å². The van der Waals surface area contributed by atoms with Crippen LogP contribution in [0.25, 0.3) is 5.78 Å². The Hall–Kier alpha value is -2.39. The quantitative estimate of drug-likeness (QED) is 0.637. The zero-order valence-corrected chi connectivity index (χ0v) is 15.5. The molecule has 3 heterocycles. The summed E-state index contributed by atoms with van der Waals surface area (Å²) in [5, 5.41) is 4.19. The maximum Gasteiger partial charge on any atom is 0.254 e. The molecule has 1 atom stereocenters. The predicted octanol–water partition coefficient (Wildman–Crippen LogP) is 2.55. The van der Waals surface area contributed by atoms with Gasteiger partial charge in [-0.15, -0.1) is 0 Å². The first kappa shape index (κ1) is 17.0. The standard InChI is InChI=1S/C17H15BrFN5O2/c1-10-4-14(24-17(22-10)20-9-21-24)15-8-23(2-3-26-15)16(25)11-5-12(18)7-13(19)6-11/h4-7,9,15H,2-3,8H2,1H3. The van der Waals surface area contributed by atoms with Crippen LogP contribution in [0, 0.1) is 12.7 Å². The van der Waals surface area contributed by atoms with Gasteiger partial charge in [0.05, 0.1) is 18.8 Å². The minimum Gasteiger partial charge on any atom is -0.368 e. The van der Waals surface area contributed by atoms with Crippen molar-refractivity contribution in [1.82, 2.24) is 24.5 Å². The van der Waals surface area contributed by atoms with Crippen molar-refractivity contribution in [1.29, 1.82) is 0 Å². The van der Waals surface area contributed by atoms with E-state index in [4.69, 9.17) is 4.74 Å². The van der Waals surface area contributed by atoms with Crippen molar-refractivity contribution in [3.63, 3.8) is 0 Å². The molecule has 1 fully saturated rings. The van der Waals surface area contributed by atoms with Gasteiger partial charge in [0.15, 0.2) is 0 Å². The van der Waals surface area contributed by atoms with Crippen LogP contribution < -0.4 is 0 Å². The molecule has 1 unspecified atom stereocenters. The van der Waals surface area contributed by atoms with Crippen molar-refractivity contribution in [3.8, 4) is 0 Å². The molecule has 3 aromatic rings. The number of fused-ring (bicyclic) bond motifs is 1. The molecule has 1 aliphatic heterocycles. The third kappa shape index (κ3) is 3.19. The summed E-state index contributed by atoms with van der Waals surface area (Å²) < 4.78 is 21.6. The summed E-state index contributed by atoms with van der Waals surface area (Å²) in [6.07, 6.45) is 1.07. The zero-order chi connectivity index (χ0) is 18.3. The summed E-state index contributed by atoms with van der Waals surface area (Å²) in [7, 11) is 0. The van der Waals surface area contributed by atoms with Gasteiger partial charge in [-0.3, -0.25) is 4.79 Å². The number of hydrogen-bond donors (Lipinski definition) is 0. The molecular weight excluding hydrogens is 405 g/mol. The number of morpholine rings is 1. The van der Waals surface area contributed by atoms with E-state index in [0.29, 0.717) is 35.5 Å². The number of benzene rings is 1. The maximum atomic E-state index is 13.6. The van der Waals surface area contributed by atoms with Crippen molar-refractivity contribution >= 4 is 27.6 Å². The number of aromatic nitrogens is 4. The highest BCUT2D eigenvalue weighted by molar-refractivity contribution is 9.10. The molecule has 26 heavy (non-hydrogen) atoms. The molecule has 0 radical (unpaired) electrons. The summed E-state index contributed by atoms with van der Waals surface area (Å²) in [5.41, 5.74) is 1.87. The van der Waals surface area contributed by atoms with Gasteiger partial charge in [0, 0.05) is 22.3 Å². The minimum absolute atomic E-state index is 0.237. The fourth-order valence-electron chi connectivity index (χ4n) is 3.06. The summed E-state index contributed by atoms with van der Waals surface area (Å²) in [6, 6.07) is 6.05. The van der Waals surface area contributed by atoms with Gasteiger partial charge in [-0.25, -0.2) is 9.37 Å². The molecule has 0 N–H and O–H groups in total. The molecule has 1 saturated heterocycles. The van der Waals surface area contributed by atoms with E-state index >= 15 is 0 Å². The molecule has 2 aromatic heterocycles. The Morgan fingerprint density at radius 2 is 2.19 bits per heavy atom. The van der Waals surface area contributed by atoms with Crippen molar-refractivity contribution in [2.24, 2.45) is 0 Å². The molecule has 4 rings (SSSR count). The minimum atomic E-state index is -0.457. The Morgan fingerprint density at radius 3 is 3.00 bits per heavy atom. The van der Waals surface area contributed by atoms with E-state index in [9.17, 15) is 9.18 Å². The number of rotatable bonds is 2. The van der Waals surface area contributed by atoms with Gasteiger partial charge in [0.1, 0.15) is 18.2 Å². The van der Waals surface area contributed by atoms with E-state index in [1.54, 1.807) is 15.5 Å². The van der Waals surface area contributed by atoms with E-state index < -0.39 is 5.82 Å². The van der Waals surface area contributed by atoms with Crippen LogP contribution in [0.5, 0.6) is 0 Å². The number of halogens is 2. The van der Waals surface area contributed by atoms with Crippen molar-refractivity contribution in [2.45, 2.75) is 13.0 Å². The van der Waals surface area contributed by atoms with Gasteiger partial charge < -0.3 is 9.64 Å². The van der Waals surface area contributed by atoms with Crippen LogP contribution in [-0.4, -0.2) is 50.1 Å². The molecule has 0 saturated carbocycles. The molecular formula is C17H15BrFN5O2. The Kier molecular flexibility index (Phi) is 4.41. The van der Waals surface area contributed by atoms with Crippen LogP contribution >= 0.6 is 15.9 Å². The lowest BCUT2D eigenvalue weighted by molar-refractivity contribution is -0.0257. The summed E-state index contributed by atoms with van der Waals surface area (Å²) >= 11 is 3.22. The Bertz CT molecular complexity index is 972. The molecule has 0 spiro atoms. The fourth-order valence-corrected chi connectivity index (χ4v) is 3.53. The molecule has 134 valence electrons. The first-order valence-corrected chi connectivity index (χ1v) is 8.85. The Balaban J connectivity index is 1.63. The summed E-state index contributed by atoms with van der Waals surface area (Å²) in [5.74, 6) is -0.207. The van der Waals surface area contributed by atoms with E-state index in [0.717, 1.165) is 11.4 Å². The number of amides is 1. The van der Waals surface area contributed by atoms with E-state index in [1.807, 2.05) is 13.0 Å². The number of ether oxygens (including phenoxy) is 1. The summed E-state index contributed by atoms with van der Waals surface area (Å²) in [6.45, 7) is 3.03. The van der Waals surface area contributed by atoms with Crippen LogP contribution in [-0.2, 0) is 4.74 Å². The summed E-state index contributed by atoms with van der Waals surface area (Å²) in [4.78, 5) is 22.9. The number of carbonyl (C=O) groups excluding carboxylic acids is 1. The second-order valence-electron chi connectivity index (χ2n) is 6.06. The molecule has 1 aliphatic rings. The van der Waals surface area contributed by atoms with Gasteiger partial charge in [0.25, 0.3) is 11.7 Å². The molecule has 0 aliphatic carbocycles. The zero-order valence-electron chi connectivity index (χ0n) is 13.9. The second-order valence-corrected chi connectivity index (χ2v) is 6.98. The highest BCUT2D eigenvalue weighted by atomic mass is 79.9. The van der Waals surface area contributed by atoms with Gasteiger partial charge in [0.2, 0.25) is 0 Å². The van der Waals surface area contributed by atoms with Crippen LogP contribution in [0.2, 0.25) is 0 Å². The SMILES string of the molecule is Cc1cc(C2CN(C(=O)c3cc(F)cc(Br)c3)CCO2)n2ncnc2n1. The molecule has 0 bridgehead atoms. The number of nitrogens with zero attached hydrogens (tertiary/aromatic N) is 5. The van der Waals surface area contributed by atoms with Crippen molar-refractivity contribution < 1.29 is 13.9 Å². The molecule has 7 nitrogen and oxygen atoms in total. The highest BCUT2D eigenvalue weighted by Crippen LogP contribution is 2.25. The second kappa shape index (κ2) is 6.73. The topological polar surface area (TPSA) is 72.6 Å². The van der Waals surface area contributed by atoms with E-state index in [1.165, 1.54) is 18.5 Å². The highest BCUT2D eigenvalue weighted by Gasteiger charge is 2.28. The molecule has 1 amide bonds. The van der Waals surface area contributed by atoms with Gasteiger partial charge in [-0.05, 0) is 31.2 Å². The normalized spacial score (nSPS) is 17.7. The average molecular weight is 420 g/mol. The lowest BCUT2D eigenvalue weighted by Crippen LogP contribution is -2.42. The predicted molar refractivity (Wildman–Crippen MR) is 94.2 cm³/mol. The molecule has 9 heteroatoms. The van der Waals surface area contributed by atoms with Crippen LogP contribution in [0.15, 0.2) is 35.1 Å². The maximum absolute atomic E-state index is 13.6. The first-order chi connectivity index (χ1) is 12.5. The van der Waals surface area contributed by atoms with Crippen LogP contribution in [0.1, 0.15) is 27.8 Å². The average Bonchev–Trinajstić information content (AvgIpc) is 3.08. The van der Waals surface area contributed by atoms with Crippen molar-refractivity contribution in [2.75, 3.05) is 19.7 Å². The fraction of sp³-hybridized carbons (Fsp3) is 0.294. The third-order valence-electron chi connectivity index (χ3n) is 4.20. The van der Waals surface area contributed by atoms with Gasteiger partial charge in [-0.2, -0.15) is 14.6 Å². The first-order valence-electron chi connectivity index (χ1n) is 8.05. The van der Waals surface area contributed by atoms with Crippen LogP contribution in [0.3, 0.4) is 0 Å². The van der Waals surface area contributed by atoms with Gasteiger partial charge in [-0.1, -0.05) is 15.9 Å². The van der Waals surface area contributed by atoms with Gasteiger partial charge >= 0.3 is 0 Å². The van der Waals surface area contributed by atoms with Crippen LogP contribution in [0.4, 0.5) is 4.39 Å². The number of carbonyl (C=O) groups is 1. The van der Waals surface area contributed by atoms with E-state index in [2.05, 4.69) is 31.0 Å². The third-order valence-corrected chi connectivity index (χ3v) is 4.66. The monoisotopic (exact) mass is 419 g/mol. The lowest BCUT2D eigenvalue weighted by Gasteiger charge is -2.33. The number of aryl methyl sites for hydroxylation is 1. The Labute approximate surface area is 156 Å². The Morgan fingerprint density at radius 1 is 1.35 bits per heavy atom. The lowest BCUT2D eigenvalue weighted by atomic mass is 10.1. The molecule has 1 aromatic carbocycles. The number of hydrogen-bond acceptors (Lipinski definition) is 5. The van der Waals surface area contributed by atoms with Crippen molar-refractivity contribution in [3.05, 3.63) is 57.8 Å².